The summed E-state index contributed by atoms with van der Waals surface area (Å²) in [6.07, 6.45) is 7.15. The second-order valence-electron chi connectivity index (χ2n) is 4.46. The average molecular weight is 287 g/mol. The van der Waals surface area contributed by atoms with E-state index in [1.807, 2.05) is 0 Å². The van der Waals surface area contributed by atoms with Crippen molar-refractivity contribution in [1.29, 1.82) is 0 Å². The molecule has 0 aromatic heterocycles. The van der Waals surface area contributed by atoms with Gasteiger partial charge in [-0.25, -0.2) is 8.42 Å². The highest BCUT2D eigenvalue weighted by atomic mass is 32.2. The minimum Gasteiger partial charge on any atom is -0.382 e. The number of sulfone groups is 1. The van der Waals surface area contributed by atoms with Crippen molar-refractivity contribution in [1.82, 2.24) is 0 Å². The first-order valence-corrected chi connectivity index (χ1v) is 7.58. The van der Waals surface area contributed by atoms with Crippen molar-refractivity contribution in [3.8, 4) is 0 Å². The van der Waals surface area contributed by atoms with Crippen molar-refractivity contribution in [2.75, 3.05) is 5.32 Å². The lowest BCUT2D eigenvalue weighted by molar-refractivity contribution is 0.234. The van der Waals surface area contributed by atoms with Gasteiger partial charge in [-0.3, -0.25) is 0 Å². The van der Waals surface area contributed by atoms with Gasteiger partial charge in [0.2, 0.25) is 9.84 Å². The summed E-state index contributed by atoms with van der Waals surface area (Å²) in [7, 11) is -4.50. The van der Waals surface area contributed by atoms with Gasteiger partial charge in [-0.2, -0.15) is 8.78 Å². The zero-order valence-electron chi connectivity index (χ0n) is 10.2. The highest BCUT2D eigenvalue weighted by molar-refractivity contribution is 7.91. The van der Waals surface area contributed by atoms with Crippen LogP contribution in [0.25, 0.3) is 0 Å². The summed E-state index contributed by atoms with van der Waals surface area (Å²) in [5.74, 6) is -3.38. The van der Waals surface area contributed by atoms with Crippen molar-refractivity contribution >= 4 is 15.5 Å². The summed E-state index contributed by atoms with van der Waals surface area (Å²) in [4.78, 5) is -0.350. The van der Waals surface area contributed by atoms with Crippen molar-refractivity contribution < 1.29 is 17.2 Å². The zero-order valence-corrected chi connectivity index (χ0v) is 11.0. The van der Waals surface area contributed by atoms with Crippen LogP contribution in [0.1, 0.15) is 19.3 Å². The van der Waals surface area contributed by atoms with Gasteiger partial charge in [0.15, 0.2) is 0 Å². The van der Waals surface area contributed by atoms with E-state index in [1.165, 1.54) is 24.3 Å². The fraction of sp³-hybridized carbons (Fsp3) is 0.385. The first kappa shape index (κ1) is 14.0. The van der Waals surface area contributed by atoms with E-state index in [-0.39, 0.29) is 4.90 Å². The predicted octanol–water partition coefficient (Wildman–Crippen LogP) is 3.20. The summed E-state index contributed by atoms with van der Waals surface area (Å²) < 4.78 is 47.2. The molecule has 0 amide bonds. The van der Waals surface area contributed by atoms with Gasteiger partial charge in [0.25, 0.3) is 0 Å². The Kier molecular flexibility index (Phi) is 4.19. The lowest BCUT2D eigenvalue weighted by Crippen LogP contribution is -2.20. The van der Waals surface area contributed by atoms with Crippen LogP contribution in [0, 0.1) is 0 Å². The molecule has 19 heavy (non-hydrogen) atoms. The molecule has 0 radical (unpaired) electrons. The fourth-order valence-corrected chi connectivity index (χ4v) is 2.73. The van der Waals surface area contributed by atoms with Gasteiger partial charge in [0.05, 0.1) is 4.90 Å². The molecule has 1 unspecified atom stereocenters. The third-order valence-electron chi connectivity index (χ3n) is 3.06. The smallest absolute Gasteiger partial charge is 0.341 e. The number of nitrogens with one attached hydrogen (secondary N) is 1. The van der Waals surface area contributed by atoms with E-state index in [2.05, 4.69) is 17.5 Å². The quantitative estimate of drug-likeness (QED) is 0.865. The number of hydrogen-bond acceptors (Lipinski definition) is 3. The maximum absolute atomic E-state index is 12.4. The summed E-state index contributed by atoms with van der Waals surface area (Å²) in [5, 5.41) is 3.26. The summed E-state index contributed by atoms with van der Waals surface area (Å²) >= 11 is 0. The molecule has 1 N–H and O–H groups in total. The van der Waals surface area contributed by atoms with Gasteiger partial charge in [0.1, 0.15) is 0 Å². The summed E-state index contributed by atoms with van der Waals surface area (Å²) in [6.45, 7) is 0. The molecule has 0 saturated carbocycles. The number of hydrogen-bond donors (Lipinski definition) is 1. The van der Waals surface area contributed by atoms with Crippen LogP contribution in [-0.2, 0) is 9.84 Å². The second kappa shape index (κ2) is 5.69. The molecule has 0 bridgehead atoms. The molecule has 1 aliphatic carbocycles. The first-order chi connectivity index (χ1) is 9.00. The Balaban J connectivity index is 2.08. The normalized spacial score (nSPS) is 19.6. The standard InChI is InChI=1S/C13H15F2NO2S/c14-13(15)19(17,18)12-8-6-11(7-9-12)16-10-4-2-1-3-5-10/h1-2,6-10,13,16H,3-5H2. The third-order valence-corrected chi connectivity index (χ3v) is 4.46. The molecule has 0 spiro atoms. The molecule has 1 aromatic carbocycles. The van der Waals surface area contributed by atoms with Crippen molar-refractivity contribution in [3.63, 3.8) is 0 Å². The number of benzene rings is 1. The minimum absolute atomic E-state index is 0.308. The Bertz CT molecular complexity index is 553. The Hall–Kier alpha value is -1.43. The van der Waals surface area contributed by atoms with Crippen molar-refractivity contribution in [2.24, 2.45) is 0 Å². The van der Waals surface area contributed by atoms with Crippen LogP contribution in [0.5, 0.6) is 0 Å². The van der Waals surface area contributed by atoms with Gasteiger partial charge < -0.3 is 5.32 Å². The number of rotatable bonds is 4. The molecule has 1 aromatic rings. The summed E-state index contributed by atoms with van der Waals surface area (Å²) in [5.41, 5.74) is 0.744. The largest absolute Gasteiger partial charge is 0.382 e. The molecule has 0 saturated heterocycles. The van der Waals surface area contributed by atoms with Crippen molar-refractivity contribution in [2.45, 2.75) is 36.0 Å². The summed E-state index contributed by atoms with van der Waals surface area (Å²) in [6, 6.07) is 5.77. The molecule has 3 nitrogen and oxygen atoms in total. The van der Waals surface area contributed by atoms with Crippen LogP contribution >= 0.6 is 0 Å². The number of allylic oxidation sites excluding steroid dienone is 1. The lowest BCUT2D eigenvalue weighted by Gasteiger charge is -2.20. The molecular formula is C13H15F2NO2S. The van der Waals surface area contributed by atoms with Crippen LogP contribution < -0.4 is 5.32 Å². The van der Waals surface area contributed by atoms with Crippen molar-refractivity contribution in [3.05, 3.63) is 36.4 Å². The fourth-order valence-electron chi connectivity index (χ4n) is 2.00. The molecule has 104 valence electrons. The number of anilines is 1. The van der Waals surface area contributed by atoms with E-state index in [1.54, 1.807) is 0 Å². The molecular weight excluding hydrogens is 272 g/mol. The van der Waals surface area contributed by atoms with E-state index in [0.717, 1.165) is 24.9 Å². The van der Waals surface area contributed by atoms with E-state index < -0.39 is 15.6 Å². The van der Waals surface area contributed by atoms with E-state index in [9.17, 15) is 17.2 Å². The Labute approximate surface area is 111 Å². The molecule has 1 aliphatic rings. The van der Waals surface area contributed by atoms with Crippen LogP contribution in [-0.4, -0.2) is 20.2 Å². The second-order valence-corrected chi connectivity index (χ2v) is 6.37. The Morgan fingerprint density at radius 2 is 1.84 bits per heavy atom. The SMILES string of the molecule is O=S(=O)(c1ccc(NC2CC=CCC2)cc1)C(F)F. The average Bonchev–Trinajstić information content (AvgIpc) is 2.40. The van der Waals surface area contributed by atoms with Gasteiger partial charge in [-0.05, 0) is 43.5 Å². The molecule has 0 heterocycles. The van der Waals surface area contributed by atoms with Crippen LogP contribution in [0.2, 0.25) is 0 Å². The third kappa shape index (κ3) is 3.32. The van der Waals surface area contributed by atoms with Crippen LogP contribution in [0.15, 0.2) is 41.3 Å². The van der Waals surface area contributed by atoms with E-state index in [0.29, 0.717) is 6.04 Å². The van der Waals surface area contributed by atoms with Gasteiger partial charge in [-0.15, -0.1) is 0 Å². The molecule has 6 heteroatoms. The molecule has 0 fully saturated rings. The number of halogens is 2. The Morgan fingerprint density at radius 3 is 2.37 bits per heavy atom. The van der Waals surface area contributed by atoms with Gasteiger partial charge in [0, 0.05) is 11.7 Å². The highest BCUT2D eigenvalue weighted by Crippen LogP contribution is 2.22. The minimum atomic E-state index is -4.50. The predicted molar refractivity (Wildman–Crippen MR) is 70.0 cm³/mol. The zero-order chi connectivity index (χ0) is 13.9. The maximum atomic E-state index is 12.4. The molecule has 1 atom stereocenters. The first-order valence-electron chi connectivity index (χ1n) is 6.04. The molecule has 0 aliphatic heterocycles. The molecule has 2 rings (SSSR count). The van der Waals surface area contributed by atoms with Crippen LogP contribution in [0.3, 0.4) is 0 Å². The number of alkyl halides is 2. The van der Waals surface area contributed by atoms with Gasteiger partial charge in [-0.1, -0.05) is 12.2 Å². The highest BCUT2D eigenvalue weighted by Gasteiger charge is 2.26. The van der Waals surface area contributed by atoms with Crippen LogP contribution in [0.4, 0.5) is 14.5 Å². The van der Waals surface area contributed by atoms with E-state index >= 15 is 0 Å². The Morgan fingerprint density at radius 1 is 1.16 bits per heavy atom. The topological polar surface area (TPSA) is 46.2 Å². The monoisotopic (exact) mass is 287 g/mol. The van der Waals surface area contributed by atoms with E-state index in [4.69, 9.17) is 0 Å². The lowest BCUT2D eigenvalue weighted by atomic mass is 10.0. The maximum Gasteiger partial charge on any atom is 0.341 e. The van der Waals surface area contributed by atoms with Gasteiger partial charge >= 0.3 is 5.76 Å².